The van der Waals surface area contributed by atoms with Gasteiger partial charge in [0.2, 0.25) is 21.8 Å². The number of hydrogen-bond donors (Lipinski definition) is 1. The normalized spacial score (nSPS) is 15.1. The van der Waals surface area contributed by atoms with E-state index in [0.29, 0.717) is 30.8 Å². The summed E-state index contributed by atoms with van der Waals surface area (Å²) in [6.07, 6.45) is 2.82. The lowest BCUT2D eigenvalue weighted by Gasteiger charge is -2.30. The van der Waals surface area contributed by atoms with Gasteiger partial charge >= 0.3 is 0 Å². The van der Waals surface area contributed by atoms with E-state index in [1.165, 1.54) is 4.31 Å². The van der Waals surface area contributed by atoms with Gasteiger partial charge in [-0.1, -0.05) is 13.0 Å². The first-order valence-corrected chi connectivity index (χ1v) is 12.2. The highest BCUT2D eigenvalue weighted by molar-refractivity contribution is 7.92. The van der Waals surface area contributed by atoms with E-state index in [9.17, 15) is 18.0 Å². The van der Waals surface area contributed by atoms with Crippen LogP contribution < -0.4 is 14.5 Å². The third-order valence-corrected chi connectivity index (χ3v) is 6.49. The molecule has 8 heteroatoms. The summed E-state index contributed by atoms with van der Waals surface area (Å²) in [6, 6.07) is 11.6. The SMILES string of the molecule is CC[C@@H](C(=O)Nc1ccc(N2CCCC2=O)cc1)N(c1cc(C)cc(C)c1)S(C)(=O)=O. The van der Waals surface area contributed by atoms with Gasteiger partial charge in [-0.15, -0.1) is 0 Å². The molecule has 0 unspecified atom stereocenters. The van der Waals surface area contributed by atoms with E-state index < -0.39 is 22.0 Å². The van der Waals surface area contributed by atoms with Gasteiger partial charge in [0.05, 0.1) is 11.9 Å². The number of aryl methyl sites for hydroxylation is 2. The molecule has 1 atom stereocenters. The molecule has 2 aromatic carbocycles. The van der Waals surface area contributed by atoms with Crippen molar-refractivity contribution in [1.82, 2.24) is 0 Å². The summed E-state index contributed by atoms with van der Waals surface area (Å²) in [5, 5.41) is 2.83. The smallest absolute Gasteiger partial charge is 0.248 e. The number of rotatable bonds is 7. The molecule has 0 radical (unpaired) electrons. The van der Waals surface area contributed by atoms with Crippen LogP contribution in [0, 0.1) is 13.8 Å². The molecule has 1 aliphatic heterocycles. The number of amides is 2. The second-order valence-corrected chi connectivity index (χ2v) is 9.87. The molecule has 2 aromatic rings. The molecular formula is C23H29N3O4S. The average molecular weight is 444 g/mol. The second-order valence-electron chi connectivity index (χ2n) is 8.01. The van der Waals surface area contributed by atoms with Gasteiger partial charge in [-0.3, -0.25) is 13.9 Å². The maximum absolute atomic E-state index is 13.1. The number of sulfonamides is 1. The molecule has 0 saturated carbocycles. The zero-order valence-corrected chi connectivity index (χ0v) is 19.2. The fourth-order valence-corrected chi connectivity index (χ4v) is 5.21. The Morgan fingerprint density at radius 3 is 2.23 bits per heavy atom. The van der Waals surface area contributed by atoms with Crippen molar-refractivity contribution in [2.45, 2.75) is 46.1 Å². The average Bonchev–Trinajstić information content (AvgIpc) is 3.10. The minimum absolute atomic E-state index is 0.0973. The number of carbonyl (C=O) groups excluding carboxylic acids is 2. The van der Waals surface area contributed by atoms with E-state index in [-0.39, 0.29) is 5.91 Å². The van der Waals surface area contributed by atoms with Crippen LogP contribution in [0.1, 0.15) is 37.3 Å². The summed E-state index contributed by atoms with van der Waals surface area (Å²) in [5.41, 5.74) is 3.66. The Kier molecular flexibility index (Phi) is 6.69. The molecule has 31 heavy (non-hydrogen) atoms. The van der Waals surface area contributed by atoms with Gasteiger partial charge in [-0.05, 0) is 74.2 Å². The molecule has 0 spiro atoms. The van der Waals surface area contributed by atoms with Gasteiger partial charge in [0.15, 0.2) is 0 Å². The molecule has 2 amide bonds. The zero-order chi connectivity index (χ0) is 22.8. The summed E-state index contributed by atoms with van der Waals surface area (Å²) in [6.45, 7) is 6.27. The van der Waals surface area contributed by atoms with E-state index in [1.807, 2.05) is 19.9 Å². The summed E-state index contributed by atoms with van der Waals surface area (Å²) in [4.78, 5) is 26.7. The molecule has 3 rings (SSSR count). The molecule has 0 aromatic heterocycles. The molecule has 1 fully saturated rings. The van der Waals surface area contributed by atoms with Crippen molar-refractivity contribution in [2.24, 2.45) is 0 Å². The molecule has 1 N–H and O–H groups in total. The quantitative estimate of drug-likeness (QED) is 0.708. The van der Waals surface area contributed by atoms with Crippen LogP contribution in [0.3, 0.4) is 0 Å². The summed E-state index contributed by atoms with van der Waals surface area (Å²) in [5.74, 6) is -0.308. The van der Waals surface area contributed by atoms with Gasteiger partial charge in [0.1, 0.15) is 6.04 Å². The molecule has 1 heterocycles. The maximum atomic E-state index is 13.1. The highest BCUT2D eigenvalue weighted by atomic mass is 32.2. The van der Waals surface area contributed by atoms with Crippen LogP contribution in [0.4, 0.5) is 17.1 Å². The lowest BCUT2D eigenvalue weighted by molar-refractivity contribution is -0.118. The number of benzene rings is 2. The van der Waals surface area contributed by atoms with E-state index in [1.54, 1.807) is 48.2 Å². The Hall–Kier alpha value is -2.87. The van der Waals surface area contributed by atoms with Crippen LogP contribution in [-0.4, -0.2) is 39.1 Å². The Morgan fingerprint density at radius 1 is 1.13 bits per heavy atom. The Labute approximate surface area is 184 Å². The maximum Gasteiger partial charge on any atom is 0.248 e. The van der Waals surface area contributed by atoms with Gasteiger partial charge < -0.3 is 10.2 Å². The van der Waals surface area contributed by atoms with Crippen molar-refractivity contribution in [3.05, 3.63) is 53.6 Å². The molecule has 0 bridgehead atoms. The van der Waals surface area contributed by atoms with Crippen molar-refractivity contribution in [3.63, 3.8) is 0 Å². The fourth-order valence-electron chi connectivity index (χ4n) is 4.01. The third-order valence-electron chi connectivity index (χ3n) is 5.31. The Bertz CT molecular complexity index is 1060. The zero-order valence-electron chi connectivity index (χ0n) is 18.4. The lowest BCUT2D eigenvalue weighted by atomic mass is 10.1. The minimum Gasteiger partial charge on any atom is -0.324 e. The topological polar surface area (TPSA) is 86.8 Å². The van der Waals surface area contributed by atoms with Crippen molar-refractivity contribution < 1.29 is 18.0 Å². The Balaban J connectivity index is 1.84. The van der Waals surface area contributed by atoms with Gasteiger partial charge in [-0.2, -0.15) is 0 Å². The standard InChI is InChI=1S/C23H29N3O4S/c1-5-21(26(31(4,29)30)20-14-16(2)13-17(3)15-20)23(28)24-18-8-10-19(11-9-18)25-12-6-7-22(25)27/h8-11,13-15,21H,5-7,12H2,1-4H3,(H,24,28)/t21-/m0/s1. The number of nitrogens with one attached hydrogen (secondary N) is 1. The van der Waals surface area contributed by atoms with Crippen molar-refractivity contribution in [2.75, 3.05) is 27.3 Å². The minimum atomic E-state index is -3.70. The van der Waals surface area contributed by atoms with E-state index in [0.717, 1.165) is 29.5 Å². The van der Waals surface area contributed by atoms with Crippen molar-refractivity contribution >= 4 is 38.9 Å². The molecule has 1 saturated heterocycles. The first-order valence-electron chi connectivity index (χ1n) is 10.4. The summed E-state index contributed by atoms with van der Waals surface area (Å²) < 4.78 is 26.5. The molecule has 7 nitrogen and oxygen atoms in total. The van der Waals surface area contributed by atoms with Gasteiger partial charge in [0.25, 0.3) is 0 Å². The number of carbonyl (C=O) groups is 2. The van der Waals surface area contributed by atoms with Gasteiger partial charge in [0, 0.05) is 24.3 Å². The number of hydrogen-bond acceptors (Lipinski definition) is 4. The highest BCUT2D eigenvalue weighted by Crippen LogP contribution is 2.27. The van der Waals surface area contributed by atoms with Crippen LogP contribution in [-0.2, 0) is 19.6 Å². The monoisotopic (exact) mass is 443 g/mol. The molecule has 1 aliphatic rings. The van der Waals surface area contributed by atoms with E-state index in [4.69, 9.17) is 0 Å². The number of anilines is 3. The van der Waals surface area contributed by atoms with Crippen LogP contribution in [0.15, 0.2) is 42.5 Å². The molecule has 166 valence electrons. The predicted molar refractivity (Wildman–Crippen MR) is 124 cm³/mol. The third kappa shape index (κ3) is 5.25. The first kappa shape index (κ1) is 22.8. The first-order chi connectivity index (χ1) is 14.6. The predicted octanol–water partition coefficient (Wildman–Crippen LogP) is 3.61. The summed E-state index contributed by atoms with van der Waals surface area (Å²) >= 11 is 0. The highest BCUT2D eigenvalue weighted by Gasteiger charge is 2.32. The van der Waals surface area contributed by atoms with Crippen molar-refractivity contribution in [1.29, 1.82) is 0 Å². The number of nitrogens with zero attached hydrogens (tertiary/aromatic N) is 2. The van der Waals surface area contributed by atoms with Gasteiger partial charge in [-0.25, -0.2) is 8.42 Å². The fraction of sp³-hybridized carbons (Fsp3) is 0.391. The van der Waals surface area contributed by atoms with E-state index in [2.05, 4.69) is 5.32 Å². The van der Waals surface area contributed by atoms with Crippen molar-refractivity contribution in [3.8, 4) is 0 Å². The van der Waals surface area contributed by atoms with Crippen LogP contribution in [0.25, 0.3) is 0 Å². The molecule has 0 aliphatic carbocycles. The van der Waals surface area contributed by atoms with Crippen LogP contribution in [0.5, 0.6) is 0 Å². The van der Waals surface area contributed by atoms with Crippen LogP contribution in [0.2, 0.25) is 0 Å². The second kappa shape index (κ2) is 9.09. The largest absolute Gasteiger partial charge is 0.324 e. The molecular weight excluding hydrogens is 414 g/mol. The summed E-state index contributed by atoms with van der Waals surface area (Å²) in [7, 11) is -3.70. The van der Waals surface area contributed by atoms with Crippen LogP contribution >= 0.6 is 0 Å². The lowest BCUT2D eigenvalue weighted by Crippen LogP contribution is -2.47. The van der Waals surface area contributed by atoms with E-state index >= 15 is 0 Å². The Morgan fingerprint density at radius 2 is 1.74 bits per heavy atom.